The van der Waals surface area contributed by atoms with Crippen molar-refractivity contribution in [2.24, 2.45) is 0 Å². The van der Waals surface area contributed by atoms with E-state index in [1.54, 1.807) is 0 Å². The quantitative estimate of drug-likeness (QED) is 0.863. The van der Waals surface area contributed by atoms with Gasteiger partial charge in [-0.05, 0) is 24.0 Å². The Morgan fingerprint density at radius 3 is 3.24 bits per heavy atom. The van der Waals surface area contributed by atoms with Gasteiger partial charge in [0, 0.05) is 25.3 Å². The monoisotopic (exact) mass is 226 g/mol. The molecular formula is C14H16N3. The van der Waals surface area contributed by atoms with Crippen molar-refractivity contribution in [3.63, 3.8) is 0 Å². The molecule has 1 heterocycles. The van der Waals surface area contributed by atoms with Crippen LogP contribution in [0.5, 0.6) is 0 Å². The van der Waals surface area contributed by atoms with Crippen LogP contribution in [-0.4, -0.2) is 16.1 Å². The summed E-state index contributed by atoms with van der Waals surface area (Å²) in [5.74, 6) is 0. The topological polar surface area (TPSA) is 29.9 Å². The van der Waals surface area contributed by atoms with E-state index in [0.29, 0.717) is 6.04 Å². The minimum atomic E-state index is 0.527. The van der Waals surface area contributed by atoms with E-state index in [1.165, 1.54) is 24.0 Å². The Bertz CT molecular complexity index is 476. The van der Waals surface area contributed by atoms with Crippen LogP contribution in [0.25, 0.3) is 0 Å². The molecule has 0 saturated heterocycles. The van der Waals surface area contributed by atoms with Crippen LogP contribution in [-0.2, 0) is 13.0 Å². The molecule has 1 radical (unpaired) electrons. The summed E-state index contributed by atoms with van der Waals surface area (Å²) in [4.78, 5) is 3.92. The number of imidazole rings is 1. The number of fused-ring (bicyclic) bond motifs is 1. The molecule has 1 aromatic carbocycles. The van der Waals surface area contributed by atoms with Gasteiger partial charge in [0.25, 0.3) is 0 Å². The van der Waals surface area contributed by atoms with E-state index in [4.69, 9.17) is 0 Å². The van der Waals surface area contributed by atoms with Gasteiger partial charge in [-0.2, -0.15) is 0 Å². The molecule has 87 valence electrons. The predicted octanol–water partition coefficient (Wildman–Crippen LogP) is 1.96. The first kappa shape index (κ1) is 10.5. The van der Waals surface area contributed by atoms with Gasteiger partial charge in [0.2, 0.25) is 0 Å². The number of nitrogens with zero attached hydrogens (tertiary/aromatic N) is 2. The van der Waals surface area contributed by atoms with Gasteiger partial charge in [0.15, 0.2) is 0 Å². The molecule has 0 spiro atoms. The van der Waals surface area contributed by atoms with Gasteiger partial charge in [-0.1, -0.05) is 24.3 Å². The Balaban J connectivity index is 1.57. The first-order valence-corrected chi connectivity index (χ1v) is 6.12. The van der Waals surface area contributed by atoms with E-state index in [1.807, 2.05) is 17.1 Å². The Morgan fingerprint density at radius 2 is 2.35 bits per heavy atom. The zero-order chi connectivity index (χ0) is 11.5. The van der Waals surface area contributed by atoms with Crippen LogP contribution in [0.15, 0.2) is 36.8 Å². The summed E-state index contributed by atoms with van der Waals surface area (Å²) in [6.07, 6.45) is 8.92. The van der Waals surface area contributed by atoms with Crippen molar-refractivity contribution in [3.05, 3.63) is 54.1 Å². The Labute approximate surface area is 101 Å². The molecule has 2 aromatic rings. The maximum absolute atomic E-state index is 3.92. The lowest BCUT2D eigenvalue weighted by Crippen LogP contribution is -2.23. The molecule has 0 aliphatic heterocycles. The highest BCUT2D eigenvalue weighted by molar-refractivity contribution is 5.34. The van der Waals surface area contributed by atoms with Gasteiger partial charge in [-0.25, -0.2) is 4.98 Å². The van der Waals surface area contributed by atoms with Crippen LogP contribution in [0, 0.1) is 6.20 Å². The Hall–Kier alpha value is -1.61. The van der Waals surface area contributed by atoms with Crippen LogP contribution in [0.1, 0.15) is 23.6 Å². The third kappa shape index (κ3) is 2.24. The molecule has 3 nitrogen and oxygen atoms in total. The lowest BCUT2D eigenvalue weighted by Gasteiger charge is -2.14. The molecule has 3 heteroatoms. The molecule has 1 aromatic heterocycles. The van der Waals surface area contributed by atoms with Crippen molar-refractivity contribution in [2.75, 3.05) is 6.54 Å². The zero-order valence-corrected chi connectivity index (χ0v) is 9.76. The van der Waals surface area contributed by atoms with E-state index >= 15 is 0 Å². The highest BCUT2D eigenvalue weighted by Crippen LogP contribution is 2.30. The number of hydrogen-bond acceptors (Lipinski definition) is 2. The van der Waals surface area contributed by atoms with Gasteiger partial charge in [0.05, 0.1) is 6.33 Å². The number of benzene rings is 1. The Kier molecular flexibility index (Phi) is 2.92. The normalized spacial score (nSPS) is 18.2. The number of nitrogens with one attached hydrogen (secondary N) is 1. The van der Waals surface area contributed by atoms with E-state index in [-0.39, 0.29) is 0 Å². The zero-order valence-electron chi connectivity index (χ0n) is 9.76. The first-order valence-electron chi connectivity index (χ1n) is 6.12. The number of aromatic nitrogens is 2. The average molecular weight is 226 g/mol. The summed E-state index contributed by atoms with van der Waals surface area (Å²) in [6, 6.07) is 9.26. The maximum Gasteiger partial charge on any atom is 0.108 e. The molecule has 0 amide bonds. The summed E-state index contributed by atoms with van der Waals surface area (Å²) >= 11 is 0. The van der Waals surface area contributed by atoms with Crippen LogP contribution in [0.4, 0.5) is 0 Å². The van der Waals surface area contributed by atoms with Crippen molar-refractivity contribution in [3.8, 4) is 0 Å². The fourth-order valence-electron chi connectivity index (χ4n) is 2.51. The van der Waals surface area contributed by atoms with Crippen molar-refractivity contribution >= 4 is 0 Å². The highest BCUT2D eigenvalue weighted by Gasteiger charge is 2.20. The van der Waals surface area contributed by atoms with Gasteiger partial charge in [-0.15, -0.1) is 0 Å². The summed E-state index contributed by atoms with van der Waals surface area (Å²) in [5.41, 5.74) is 2.98. The van der Waals surface area contributed by atoms with E-state index in [0.717, 1.165) is 13.1 Å². The number of hydrogen-bond donors (Lipinski definition) is 1. The van der Waals surface area contributed by atoms with Crippen molar-refractivity contribution in [2.45, 2.75) is 25.4 Å². The van der Waals surface area contributed by atoms with Crippen LogP contribution < -0.4 is 5.32 Å². The number of aryl methyl sites for hydroxylation is 1. The second-order valence-corrected chi connectivity index (χ2v) is 4.48. The molecule has 0 fully saturated rings. The highest BCUT2D eigenvalue weighted by atomic mass is 15.0. The second kappa shape index (κ2) is 4.72. The molecule has 0 bridgehead atoms. The molecule has 1 aliphatic carbocycles. The predicted molar refractivity (Wildman–Crippen MR) is 66.6 cm³/mol. The fraction of sp³-hybridized carbons (Fsp3) is 0.357. The van der Waals surface area contributed by atoms with Gasteiger partial charge in [-0.3, -0.25) is 0 Å². The van der Waals surface area contributed by atoms with Crippen LogP contribution in [0.2, 0.25) is 0 Å². The molecule has 17 heavy (non-hydrogen) atoms. The Morgan fingerprint density at radius 1 is 1.41 bits per heavy atom. The van der Waals surface area contributed by atoms with Crippen LogP contribution in [0.3, 0.4) is 0 Å². The molecule has 1 aliphatic rings. The van der Waals surface area contributed by atoms with E-state index in [9.17, 15) is 0 Å². The molecule has 1 N–H and O–H groups in total. The van der Waals surface area contributed by atoms with Crippen molar-refractivity contribution in [1.82, 2.24) is 14.9 Å². The smallest absolute Gasteiger partial charge is 0.108 e. The fourth-order valence-corrected chi connectivity index (χ4v) is 2.51. The van der Waals surface area contributed by atoms with Gasteiger partial charge < -0.3 is 9.88 Å². The largest absolute Gasteiger partial charge is 0.335 e. The average Bonchev–Trinajstić information content (AvgIpc) is 2.99. The number of rotatable bonds is 4. The molecule has 1 atom stereocenters. The first-order chi connectivity index (χ1) is 8.43. The standard InChI is InChI=1S/C14H16N3/c1-2-4-13-12(3-1)5-6-14(13)16-8-10-17-9-7-15-11-17/h1-4,9,11,14,16H,5-6,8,10H2. The SMILES string of the molecule is [c]1cn(CCNC2CCc3ccccc32)cn1. The van der Waals surface area contributed by atoms with Crippen molar-refractivity contribution in [1.29, 1.82) is 0 Å². The molecule has 3 rings (SSSR count). The van der Waals surface area contributed by atoms with Gasteiger partial charge in [0.1, 0.15) is 6.20 Å². The summed E-state index contributed by atoms with van der Waals surface area (Å²) < 4.78 is 2.05. The van der Waals surface area contributed by atoms with E-state index in [2.05, 4.69) is 40.8 Å². The minimum Gasteiger partial charge on any atom is -0.335 e. The van der Waals surface area contributed by atoms with Gasteiger partial charge >= 0.3 is 0 Å². The third-order valence-corrected chi connectivity index (χ3v) is 3.40. The van der Waals surface area contributed by atoms with Crippen LogP contribution >= 0.6 is 0 Å². The second-order valence-electron chi connectivity index (χ2n) is 4.48. The van der Waals surface area contributed by atoms with Crippen molar-refractivity contribution < 1.29 is 0 Å². The van der Waals surface area contributed by atoms with E-state index < -0.39 is 0 Å². The summed E-state index contributed by atoms with van der Waals surface area (Å²) in [5, 5.41) is 3.61. The maximum atomic E-state index is 3.92. The third-order valence-electron chi connectivity index (χ3n) is 3.40. The lowest BCUT2D eigenvalue weighted by atomic mass is 10.1. The lowest BCUT2D eigenvalue weighted by molar-refractivity contribution is 0.501. The molecular weight excluding hydrogens is 210 g/mol. The summed E-state index contributed by atoms with van der Waals surface area (Å²) in [7, 11) is 0. The molecule has 1 unspecified atom stereocenters. The molecule has 0 saturated carbocycles. The summed E-state index contributed by atoms with van der Waals surface area (Å²) in [6.45, 7) is 1.93. The minimum absolute atomic E-state index is 0.527.